The zero-order chi connectivity index (χ0) is 14.8. The van der Waals surface area contributed by atoms with Crippen molar-refractivity contribution in [3.05, 3.63) is 0 Å². The summed E-state index contributed by atoms with van der Waals surface area (Å²) in [5, 5.41) is 0. The van der Waals surface area contributed by atoms with Gasteiger partial charge in [0.05, 0.1) is 6.26 Å². The Hall–Kier alpha value is -0.130. The molecule has 2 fully saturated rings. The standard InChI is InChI=1S/C15H30N2O2S/c1-3-13-6-7-15(9-13,12-16)10-14-5-4-8-17(11-14)20(2,18)19/h13-14H,3-12,16H2,1-2H3. The highest BCUT2D eigenvalue weighted by molar-refractivity contribution is 7.88. The van der Waals surface area contributed by atoms with Crippen LogP contribution in [0.15, 0.2) is 0 Å². The minimum absolute atomic E-state index is 0.284. The minimum Gasteiger partial charge on any atom is -0.330 e. The van der Waals surface area contributed by atoms with Gasteiger partial charge in [0.15, 0.2) is 0 Å². The first-order valence-electron chi connectivity index (χ1n) is 8.04. The van der Waals surface area contributed by atoms with Gasteiger partial charge in [0.1, 0.15) is 0 Å². The predicted molar refractivity (Wildman–Crippen MR) is 82.9 cm³/mol. The van der Waals surface area contributed by atoms with Crippen molar-refractivity contribution in [2.75, 3.05) is 25.9 Å². The van der Waals surface area contributed by atoms with Gasteiger partial charge in [-0.05, 0) is 62.3 Å². The average molecular weight is 302 g/mol. The van der Waals surface area contributed by atoms with Crippen LogP contribution in [0, 0.1) is 17.3 Å². The van der Waals surface area contributed by atoms with Gasteiger partial charge < -0.3 is 5.73 Å². The van der Waals surface area contributed by atoms with Crippen LogP contribution in [0.4, 0.5) is 0 Å². The Morgan fingerprint density at radius 1 is 1.30 bits per heavy atom. The molecule has 1 saturated heterocycles. The van der Waals surface area contributed by atoms with Crippen LogP contribution < -0.4 is 5.73 Å². The SMILES string of the molecule is CCC1CCC(CN)(CC2CCCN(S(C)(=O)=O)C2)C1. The monoisotopic (exact) mass is 302 g/mol. The molecule has 1 aliphatic heterocycles. The van der Waals surface area contributed by atoms with Crippen molar-refractivity contribution in [3.8, 4) is 0 Å². The van der Waals surface area contributed by atoms with E-state index in [9.17, 15) is 8.42 Å². The quantitative estimate of drug-likeness (QED) is 0.847. The van der Waals surface area contributed by atoms with E-state index in [0.29, 0.717) is 19.0 Å². The molecular weight excluding hydrogens is 272 g/mol. The summed E-state index contributed by atoms with van der Waals surface area (Å²) in [6, 6.07) is 0. The van der Waals surface area contributed by atoms with E-state index in [1.165, 1.54) is 31.9 Å². The van der Waals surface area contributed by atoms with Crippen molar-refractivity contribution in [2.45, 2.75) is 51.9 Å². The lowest BCUT2D eigenvalue weighted by atomic mass is 9.75. The van der Waals surface area contributed by atoms with Gasteiger partial charge in [0.2, 0.25) is 10.0 Å². The number of rotatable bonds is 5. The lowest BCUT2D eigenvalue weighted by molar-refractivity contribution is 0.166. The largest absolute Gasteiger partial charge is 0.330 e. The van der Waals surface area contributed by atoms with Crippen LogP contribution in [0.5, 0.6) is 0 Å². The second-order valence-electron chi connectivity index (χ2n) is 7.05. The molecule has 1 aliphatic carbocycles. The van der Waals surface area contributed by atoms with E-state index in [1.54, 1.807) is 4.31 Å². The van der Waals surface area contributed by atoms with Gasteiger partial charge in [-0.25, -0.2) is 12.7 Å². The number of nitrogens with two attached hydrogens (primary N) is 1. The fraction of sp³-hybridized carbons (Fsp3) is 1.00. The molecule has 1 saturated carbocycles. The van der Waals surface area contributed by atoms with E-state index in [2.05, 4.69) is 6.92 Å². The molecule has 118 valence electrons. The average Bonchev–Trinajstić information content (AvgIpc) is 2.82. The van der Waals surface area contributed by atoms with Gasteiger partial charge in [-0.1, -0.05) is 13.3 Å². The third-order valence-corrected chi connectivity index (χ3v) is 6.76. The Balaban J connectivity index is 1.98. The van der Waals surface area contributed by atoms with E-state index in [0.717, 1.165) is 31.7 Å². The highest BCUT2D eigenvalue weighted by atomic mass is 32.2. The summed E-state index contributed by atoms with van der Waals surface area (Å²) in [4.78, 5) is 0. The molecule has 0 aromatic carbocycles. The van der Waals surface area contributed by atoms with E-state index < -0.39 is 10.0 Å². The smallest absolute Gasteiger partial charge is 0.211 e. The number of piperidine rings is 1. The number of nitrogens with zero attached hydrogens (tertiary/aromatic N) is 1. The molecule has 0 spiro atoms. The number of hydrogen-bond acceptors (Lipinski definition) is 3. The molecule has 2 aliphatic rings. The van der Waals surface area contributed by atoms with Crippen molar-refractivity contribution in [1.29, 1.82) is 0 Å². The molecule has 0 amide bonds. The predicted octanol–water partition coefficient (Wildman–Crippen LogP) is 2.20. The molecule has 1 heterocycles. The number of hydrogen-bond donors (Lipinski definition) is 1. The molecule has 20 heavy (non-hydrogen) atoms. The summed E-state index contributed by atoms with van der Waals surface area (Å²) in [6.45, 7) is 4.43. The van der Waals surface area contributed by atoms with Gasteiger partial charge >= 0.3 is 0 Å². The Kier molecular flexibility index (Phi) is 5.14. The maximum absolute atomic E-state index is 11.7. The maximum atomic E-state index is 11.7. The van der Waals surface area contributed by atoms with E-state index in [1.807, 2.05) is 0 Å². The molecule has 2 rings (SSSR count). The molecule has 0 bridgehead atoms. The molecule has 0 aromatic heterocycles. The van der Waals surface area contributed by atoms with Gasteiger partial charge in [-0.3, -0.25) is 0 Å². The first kappa shape index (κ1) is 16.2. The minimum atomic E-state index is -3.03. The van der Waals surface area contributed by atoms with Gasteiger partial charge in [0, 0.05) is 13.1 Å². The molecule has 0 aromatic rings. The van der Waals surface area contributed by atoms with Gasteiger partial charge in [-0.15, -0.1) is 0 Å². The van der Waals surface area contributed by atoms with Crippen molar-refractivity contribution in [2.24, 2.45) is 23.0 Å². The van der Waals surface area contributed by atoms with Crippen molar-refractivity contribution < 1.29 is 8.42 Å². The third-order valence-electron chi connectivity index (χ3n) is 5.49. The Bertz CT molecular complexity index is 424. The lowest BCUT2D eigenvalue weighted by Gasteiger charge is -2.37. The first-order valence-corrected chi connectivity index (χ1v) is 9.88. The second-order valence-corrected chi connectivity index (χ2v) is 9.04. The van der Waals surface area contributed by atoms with Crippen LogP contribution in [0.3, 0.4) is 0 Å². The summed E-state index contributed by atoms with van der Waals surface area (Å²) in [6.07, 6.45) is 9.63. The van der Waals surface area contributed by atoms with Gasteiger partial charge in [-0.2, -0.15) is 0 Å². The maximum Gasteiger partial charge on any atom is 0.211 e. The normalized spacial score (nSPS) is 36.4. The summed E-state index contributed by atoms with van der Waals surface area (Å²) in [7, 11) is -3.03. The van der Waals surface area contributed by atoms with E-state index in [-0.39, 0.29) is 5.41 Å². The highest BCUT2D eigenvalue weighted by Gasteiger charge is 2.40. The molecule has 4 nitrogen and oxygen atoms in total. The zero-order valence-corrected chi connectivity index (χ0v) is 13.8. The highest BCUT2D eigenvalue weighted by Crippen LogP contribution is 2.47. The van der Waals surface area contributed by atoms with Crippen molar-refractivity contribution in [1.82, 2.24) is 4.31 Å². The molecule has 2 N–H and O–H groups in total. The zero-order valence-electron chi connectivity index (χ0n) is 13.0. The molecule has 5 heteroatoms. The second kappa shape index (κ2) is 6.32. The van der Waals surface area contributed by atoms with Gasteiger partial charge in [0.25, 0.3) is 0 Å². The number of sulfonamides is 1. The first-order chi connectivity index (χ1) is 9.38. The van der Waals surface area contributed by atoms with E-state index >= 15 is 0 Å². The lowest BCUT2D eigenvalue weighted by Crippen LogP contribution is -2.42. The van der Waals surface area contributed by atoms with Crippen LogP contribution in [0.25, 0.3) is 0 Å². The van der Waals surface area contributed by atoms with E-state index in [4.69, 9.17) is 5.73 Å². The van der Waals surface area contributed by atoms with Crippen LogP contribution in [0.1, 0.15) is 51.9 Å². The topological polar surface area (TPSA) is 63.4 Å². The summed E-state index contributed by atoms with van der Waals surface area (Å²) in [5.41, 5.74) is 6.38. The molecule has 3 atom stereocenters. The van der Waals surface area contributed by atoms with Crippen LogP contribution >= 0.6 is 0 Å². The van der Waals surface area contributed by atoms with Crippen LogP contribution in [0.2, 0.25) is 0 Å². The summed E-state index contributed by atoms with van der Waals surface area (Å²) < 4.78 is 25.1. The Morgan fingerprint density at radius 2 is 2.05 bits per heavy atom. The Labute approximate surface area is 124 Å². The Morgan fingerprint density at radius 3 is 2.60 bits per heavy atom. The molecule has 0 radical (unpaired) electrons. The van der Waals surface area contributed by atoms with Crippen LogP contribution in [-0.4, -0.2) is 38.6 Å². The summed E-state index contributed by atoms with van der Waals surface area (Å²) in [5.74, 6) is 1.32. The van der Waals surface area contributed by atoms with Crippen LogP contribution in [-0.2, 0) is 10.0 Å². The fourth-order valence-electron chi connectivity index (χ4n) is 4.24. The molecular formula is C15H30N2O2S. The fourth-order valence-corrected chi connectivity index (χ4v) is 5.18. The van der Waals surface area contributed by atoms with Crippen molar-refractivity contribution in [3.63, 3.8) is 0 Å². The third kappa shape index (κ3) is 3.74. The molecule has 3 unspecified atom stereocenters. The van der Waals surface area contributed by atoms with Crippen molar-refractivity contribution >= 4 is 10.0 Å². The summed E-state index contributed by atoms with van der Waals surface area (Å²) >= 11 is 0.